The Balaban J connectivity index is 2.08. The molecule has 2 aromatic rings. The van der Waals surface area contributed by atoms with Crippen molar-refractivity contribution in [2.75, 3.05) is 44.0 Å². The Kier molecular flexibility index (Phi) is 4.73. The largest absolute Gasteiger partial charge is 0.327 e. The van der Waals surface area contributed by atoms with E-state index in [2.05, 4.69) is 9.88 Å². The van der Waals surface area contributed by atoms with Crippen LogP contribution in [-0.4, -0.2) is 50.0 Å². The standard InChI is InChI=1S/C18H21ClN4O/c1-21(2)11-6-12-23-15-9-10-16(19)20-17(15)22(3)14-8-5-4-7-13(14)18(23)24/h4-5,7-10H,6,11-12H2,1-3H3. The third kappa shape index (κ3) is 3.09. The van der Waals surface area contributed by atoms with Gasteiger partial charge in [0.1, 0.15) is 5.15 Å². The molecule has 1 amide bonds. The minimum absolute atomic E-state index is 0.000853. The molecule has 0 fully saturated rings. The summed E-state index contributed by atoms with van der Waals surface area (Å²) >= 11 is 6.10. The second kappa shape index (κ2) is 6.79. The maximum absolute atomic E-state index is 13.1. The number of aromatic nitrogens is 1. The molecule has 0 saturated carbocycles. The van der Waals surface area contributed by atoms with Crippen LogP contribution in [0.3, 0.4) is 0 Å². The van der Waals surface area contributed by atoms with E-state index in [1.54, 1.807) is 6.07 Å². The van der Waals surface area contributed by atoms with E-state index in [0.717, 1.165) is 24.3 Å². The average Bonchev–Trinajstić information content (AvgIpc) is 2.65. The Labute approximate surface area is 147 Å². The quantitative estimate of drug-likeness (QED) is 0.797. The van der Waals surface area contributed by atoms with Crippen LogP contribution in [0.15, 0.2) is 36.4 Å². The Hall–Kier alpha value is -2.11. The van der Waals surface area contributed by atoms with Crippen molar-refractivity contribution >= 4 is 34.7 Å². The van der Waals surface area contributed by atoms with Crippen LogP contribution in [0.1, 0.15) is 16.8 Å². The maximum Gasteiger partial charge on any atom is 0.260 e. The van der Waals surface area contributed by atoms with Crippen LogP contribution in [0.4, 0.5) is 17.2 Å². The second-order valence-electron chi connectivity index (χ2n) is 6.17. The summed E-state index contributed by atoms with van der Waals surface area (Å²) in [5, 5.41) is 0.417. The Morgan fingerprint density at radius 3 is 2.62 bits per heavy atom. The number of carbonyl (C=O) groups excluding carboxylic acids is 1. The number of pyridine rings is 1. The van der Waals surface area contributed by atoms with Gasteiger partial charge >= 0.3 is 0 Å². The number of carbonyl (C=O) groups is 1. The number of hydrogen-bond donors (Lipinski definition) is 0. The predicted octanol–water partition coefficient (Wildman–Crippen LogP) is 3.41. The number of halogens is 1. The van der Waals surface area contributed by atoms with E-state index in [1.807, 2.05) is 61.3 Å². The molecule has 0 spiro atoms. The molecule has 0 saturated heterocycles. The number of hydrogen-bond acceptors (Lipinski definition) is 4. The fraction of sp³-hybridized carbons (Fsp3) is 0.333. The molecule has 0 atom stereocenters. The van der Waals surface area contributed by atoms with Gasteiger partial charge in [-0.1, -0.05) is 23.7 Å². The van der Waals surface area contributed by atoms with Crippen molar-refractivity contribution in [1.29, 1.82) is 0 Å². The van der Waals surface area contributed by atoms with Crippen LogP contribution >= 0.6 is 11.6 Å². The SMILES string of the molecule is CN(C)CCCN1C(=O)c2ccccc2N(C)c2nc(Cl)ccc21. The Morgan fingerprint density at radius 1 is 1.12 bits per heavy atom. The zero-order valence-corrected chi connectivity index (χ0v) is 14.9. The van der Waals surface area contributed by atoms with Gasteiger partial charge in [-0.2, -0.15) is 0 Å². The molecule has 24 heavy (non-hydrogen) atoms. The average molecular weight is 345 g/mol. The van der Waals surface area contributed by atoms with E-state index in [9.17, 15) is 4.79 Å². The van der Waals surface area contributed by atoms with Crippen molar-refractivity contribution in [3.05, 3.63) is 47.1 Å². The normalized spacial score (nSPS) is 13.8. The van der Waals surface area contributed by atoms with Crippen LogP contribution in [0.2, 0.25) is 5.15 Å². The molecule has 126 valence electrons. The van der Waals surface area contributed by atoms with Gasteiger partial charge in [0.2, 0.25) is 0 Å². The highest BCUT2D eigenvalue weighted by atomic mass is 35.5. The van der Waals surface area contributed by atoms with Gasteiger partial charge < -0.3 is 14.7 Å². The molecule has 1 aromatic heterocycles. The first-order chi connectivity index (χ1) is 11.5. The summed E-state index contributed by atoms with van der Waals surface area (Å²) in [5.74, 6) is 0.699. The van der Waals surface area contributed by atoms with E-state index in [4.69, 9.17) is 11.6 Å². The smallest absolute Gasteiger partial charge is 0.260 e. The van der Waals surface area contributed by atoms with Gasteiger partial charge in [-0.15, -0.1) is 0 Å². The van der Waals surface area contributed by atoms with E-state index in [1.165, 1.54) is 0 Å². The van der Waals surface area contributed by atoms with Gasteiger partial charge in [0.15, 0.2) is 5.82 Å². The van der Waals surface area contributed by atoms with Gasteiger partial charge in [0, 0.05) is 13.6 Å². The molecule has 5 nitrogen and oxygen atoms in total. The number of anilines is 3. The number of nitrogens with zero attached hydrogens (tertiary/aromatic N) is 4. The summed E-state index contributed by atoms with van der Waals surface area (Å²) in [6, 6.07) is 11.2. The predicted molar refractivity (Wildman–Crippen MR) is 98.6 cm³/mol. The topological polar surface area (TPSA) is 39.7 Å². The zero-order chi connectivity index (χ0) is 17.3. The summed E-state index contributed by atoms with van der Waals surface area (Å²) in [6.45, 7) is 1.55. The van der Waals surface area contributed by atoms with E-state index in [-0.39, 0.29) is 5.91 Å². The van der Waals surface area contributed by atoms with Crippen molar-refractivity contribution in [2.45, 2.75) is 6.42 Å². The first-order valence-corrected chi connectivity index (χ1v) is 8.32. The highest BCUT2D eigenvalue weighted by Gasteiger charge is 2.30. The Morgan fingerprint density at radius 2 is 1.88 bits per heavy atom. The molecule has 0 N–H and O–H groups in total. The Bertz CT molecular complexity index is 762. The molecule has 1 aliphatic rings. The van der Waals surface area contributed by atoms with E-state index >= 15 is 0 Å². The summed E-state index contributed by atoms with van der Waals surface area (Å²) in [5.41, 5.74) is 2.31. The van der Waals surface area contributed by atoms with Crippen LogP contribution in [0.5, 0.6) is 0 Å². The molecule has 1 aromatic carbocycles. The molecule has 0 bridgehead atoms. The third-order valence-corrected chi connectivity index (χ3v) is 4.37. The van der Waals surface area contributed by atoms with Crippen molar-refractivity contribution in [3.8, 4) is 0 Å². The fourth-order valence-corrected chi connectivity index (χ4v) is 3.10. The number of para-hydroxylation sites is 1. The lowest BCUT2D eigenvalue weighted by atomic mass is 10.1. The molecule has 6 heteroatoms. The number of rotatable bonds is 4. The summed E-state index contributed by atoms with van der Waals surface area (Å²) < 4.78 is 0. The summed E-state index contributed by atoms with van der Waals surface area (Å²) in [4.78, 5) is 23.5. The van der Waals surface area contributed by atoms with Crippen molar-refractivity contribution < 1.29 is 4.79 Å². The van der Waals surface area contributed by atoms with Crippen molar-refractivity contribution in [3.63, 3.8) is 0 Å². The van der Waals surface area contributed by atoms with Crippen molar-refractivity contribution in [2.24, 2.45) is 0 Å². The minimum atomic E-state index is -0.000853. The number of fused-ring (bicyclic) bond motifs is 2. The van der Waals surface area contributed by atoms with E-state index < -0.39 is 0 Å². The molecular weight excluding hydrogens is 324 g/mol. The lowest BCUT2D eigenvalue weighted by molar-refractivity contribution is 0.0987. The van der Waals surface area contributed by atoms with Gasteiger partial charge in [-0.25, -0.2) is 4.98 Å². The first kappa shape index (κ1) is 16.7. The lowest BCUT2D eigenvalue weighted by Crippen LogP contribution is -2.33. The fourth-order valence-electron chi connectivity index (χ4n) is 2.96. The van der Waals surface area contributed by atoms with Gasteiger partial charge in [0.25, 0.3) is 5.91 Å². The third-order valence-electron chi connectivity index (χ3n) is 4.16. The molecule has 0 aliphatic carbocycles. The number of benzene rings is 1. The number of amides is 1. The van der Waals surface area contributed by atoms with Gasteiger partial charge in [0.05, 0.1) is 16.9 Å². The highest BCUT2D eigenvalue weighted by Crippen LogP contribution is 2.39. The molecular formula is C18H21ClN4O. The zero-order valence-electron chi connectivity index (χ0n) is 14.2. The summed E-state index contributed by atoms with van der Waals surface area (Å²) in [7, 11) is 5.97. The second-order valence-corrected chi connectivity index (χ2v) is 6.55. The first-order valence-electron chi connectivity index (χ1n) is 7.95. The molecule has 3 rings (SSSR count). The molecule has 2 heterocycles. The van der Waals surface area contributed by atoms with Gasteiger partial charge in [-0.3, -0.25) is 4.79 Å². The molecule has 0 unspecified atom stereocenters. The van der Waals surface area contributed by atoms with Crippen molar-refractivity contribution in [1.82, 2.24) is 9.88 Å². The highest BCUT2D eigenvalue weighted by molar-refractivity contribution is 6.29. The maximum atomic E-state index is 13.1. The van der Waals surface area contributed by atoms with Crippen LogP contribution < -0.4 is 9.80 Å². The van der Waals surface area contributed by atoms with Gasteiger partial charge in [-0.05, 0) is 51.3 Å². The minimum Gasteiger partial charge on any atom is -0.327 e. The van der Waals surface area contributed by atoms with Crippen LogP contribution in [-0.2, 0) is 0 Å². The van der Waals surface area contributed by atoms with Crippen LogP contribution in [0, 0.1) is 0 Å². The molecule has 1 aliphatic heterocycles. The lowest BCUT2D eigenvalue weighted by Gasteiger charge is -2.24. The van der Waals surface area contributed by atoms with E-state index in [0.29, 0.717) is 23.1 Å². The summed E-state index contributed by atoms with van der Waals surface area (Å²) in [6.07, 6.45) is 0.882. The monoisotopic (exact) mass is 344 g/mol. The van der Waals surface area contributed by atoms with Crippen LogP contribution in [0.25, 0.3) is 0 Å². The molecule has 0 radical (unpaired) electrons.